The van der Waals surface area contributed by atoms with Crippen LogP contribution in [0.2, 0.25) is 5.02 Å². The summed E-state index contributed by atoms with van der Waals surface area (Å²) in [6, 6.07) is 20.1. The van der Waals surface area contributed by atoms with Crippen molar-refractivity contribution in [3.63, 3.8) is 0 Å². The van der Waals surface area contributed by atoms with Crippen LogP contribution in [0.1, 0.15) is 87.0 Å². The number of fused-ring (bicyclic) bond motifs is 1. The number of hydrogen-bond acceptors (Lipinski definition) is 12. The van der Waals surface area contributed by atoms with Gasteiger partial charge in [0, 0.05) is 78.7 Å². The van der Waals surface area contributed by atoms with E-state index >= 15 is 0 Å². The van der Waals surface area contributed by atoms with E-state index in [0.29, 0.717) is 70.5 Å². The summed E-state index contributed by atoms with van der Waals surface area (Å²) < 4.78 is 7.59. The number of primary amides is 1. The molecule has 7 amide bonds. The Balaban J connectivity index is 0.997. The molecule has 1 aliphatic rings. The maximum atomic E-state index is 14.2. The van der Waals surface area contributed by atoms with Crippen LogP contribution in [0.3, 0.4) is 0 Å². The number of amides is 7. The van der Waals surface area contributed by atoms with E-state index in [0.717, 1.165) is 27.3 Å². The van der Waals surface area contributed by atoms with Gasteiger partial charge in [-0.25, -0.2) is 24.1 Å². The summed E-state index contributed by atoms with van der Waals surface area (Å²) in [7, 11) is 0. The van der Waals surface area contributed by atoms with Crippen molar-refractivity contribution in [1.82, 2.24) is 50.0 Å². The predicted molar refractivity (Wildman–Crippen MR) is 280 cm³/mol. The monoisotopic (exact) mass is 1040 g/mol. The minimum absolute atomic E-state index is 0.0276. The summed E-state index contributed by atoms with van der Waals surface area (Å²) in [5.74, 6) is -2.42. The molecule has 0 radical (unpaired) electrons. The molecule has 75 heavy (non-hydrogen) atoms. The van der Waals surface area contributed by atoms with Crippen LogP contribution in [0.5, 0.6) is 0 Å². The fraction of sp³-hybridized carbons (Fsp3) is 0.352. The van der Waals surface area contributed by atoms with Gasteiger partial charge in [-0.05, 0) is 105 Å². The summed E-state index contributed by atoms with van der Waals surface area (Å²) in [4.78, 5) is 110. The van der Waals surface area contributed by atoms with Gasteiger partial charge in [0.15, 0.2) is 11.4 Å². The van der Waals surface area contributed by atoms with Crippen LogP contribution in [-0.4, -0.2) is 100 Å². The number of aryl methyl sites for hydroxylation is 1. The zero-order chi connectivity index (χ0) is 53.6. The van der Waals surface area contributed by atoms with Crippen LogP contribution in [-0.2, 0) is 48.4 Å². The number of H-pyrrole nitrogens is 1. The molecule has 1 aliphatic heterocycles. The number of nitrogens with zero attached hydrogens (tertiary/aromatic N) is 7. The van der Waals surface area contributed by atoms with Crippen LogP contribution in [0.4, 0.5) is 15.3 Å². The van der Waals surface area contributed by atoms with Crippen molar-refractivity contribution in [3.05, 3.63) is 131 Å². The summed E-state index contributed by atoms with van der Waals surface area (Å²) in [5.41, 5.74) is 12.1. The molecule has 6 N–H and O–H groups in total. The van der Waals surface area contributed by atoms with Gasteiger partial charge in [0.25, 0.3) is 11.8 Å². The summed E-state index contributed by atoms with van der Waals surface area (Å²) in [6.07, 6.45) is 7.30. The van der Waals surface area contributed by atoms with E-state index in [1.807, 2.05) is 76.4 Å². The first-order valence-corrected chi connectivity index (χ1v) is 25.2. The number of carbonyl (C=O) groups excluding carboxylic acids is 7. The molecule has 0 aliphatic carbocycles. The number of anilines is 1. The minimum atomic E-state index is -0.860. The minimum Gasteiger partial charge on any atom is -0.445 e. The molecule has 2 aromatic carbocycles. The Morgan fingerprint density at radius 1 is 0.880 bits per heavy atom. The molecule has 0 unspecified atom stereocenters. The number of Topliss-reactive ketones (excluding diaryl/α,β-unsaturated/α-hetero) is 1. The second-order valence-corrected chi connectivity index (χ2v) is 19.1. The van der Waals surface area contributed by atoms with E-state index in [1.165, 1.54) is 23.4 Å². The van der Waals surface area contributed by atoms with Crippen molar-refractivity contribution in [3.8, 4) is 22.6 Å². The predicted octanol–water partition coefficient (Wildman–Crippen LogP) is 7.38. The molecule has 7 rings (SSSR count). The number of hydrogen-bond donors (Lipinski definition) is 5. The van der Waals surface area contributed by atoms with Crippen molar-refractivity contribution in [2.45, 2.75) is 98.4 Å². The van der Waals surface area contributed by atoms with E-state index in [1.54, 1.807) is 34.8 Å². The number of aromatic amines is 1. The molecule has 0 spiro atoms. The molecule has 21 heteroatoms. The van der Waals surface area contributed by atoms with Crippen LogP contribution >= 0.6 is 11.6 Å². The number of imidazole rings is 1. The third-order valence-corrected chi connectivity index (χ3v) is 13.1. The van der Waals surface area contributed by atoms with Gasteiger partial charge in [0.05, 0.1) is 29.7 Å². The number of nitrogens with one attached hydrogen (secondary N) is 4. The molecule has 0 saturated heterocycles. The number of imide groups is 1. The van der Waals surface area contributed by atoms with E-state index in [9.17, 15) is 33.6 Å². The highest BCUT2D eigenvalue weighted by molar-refractivity contribution is 6.31. The highest BCUT2D eigenvalue weighted by Crippen LogP contribution is 2.31. The first-order chi connectivity index (χ1) is 36.0. The number of benzene rings is 2. The maximum Gasteiger partial charge on any atom is 0.410 e. The number of ether oxygens (including phenoxy) is 1. The molecule has 5 heterocycles. The standard InChI is InChI=1S/C54H61ClN12O8/c1-33(2)49(64-46(69)16-6-5-7-26-66-47(70)23-24-48(66)71)43(68)27-37(13-10-25-57-53(56)73)52(72)61-40-20-17-36(18-21-40)31-75-54(74)65(28-38-12-9-14-41(55)35(38)4)30-44-62-50(39-19-22-45-58-32-59-67(45)29-39)51(63-44)42-15-8-11-34(3)60-42/h8-9,11-12,14-15,17-24,29,32-33,37,49H,5-7,10,13,16,25-28,30-31H2,1-4H3,(H,61,72)(H,62,63)(H,64,69)(H3,56,57,73)/t37-,49+/m1/s1. The van der Waals surface area contributed by atoms with Gasteiger partial charge < -0.3 is 31.4 Å². The lowest BCUT2D eigenvalue weighted by Crippen LogP contribution is -2.45. The third kappa shape index (κ3) is 14.9. The lowest BCUT2D eigenvalue weighted by molar-refractivity contribution is -0.137. The van der Waals surface area contributed by atoms with Crippen LogP contribution in [0.25, 0.3) is 28.3 Å². The van der Waals surface area contributed by atoms with Gasteiger partial charge >= 0.3 is 12.1 Å². The van der Waals surface area contributed by atoms with Gasteiger partial charge in [-0.15, -0.1) is 0 Å². The van der Waals surface area contributed by atoms with Crippen molar-refractivity contribution < 1.29 is 38.3 Å². The number of unbranched alkanes of at least 4 members (excludes halogenated alkanes) is 2. The number of nitrogens with two attached hydrogens (primary N) is 1. The lowest BCUT2D eigenvalue weighted by atomic mass is 9.89. The van der Waals surface area contributed by atoms with Crippen molar-refractivity contribution >= 4 is 64.5 Å². The highest BCUT2D eigenvalue weighted by Gasteiger charge is 2.30. The van der Waals surface area contributed by atoms with E-state index in [4.69, 9.17) is 32.0 Å². The molecular formula is C54H61ClN12O8. The second-order valence-electron chi connectivity index (χ2n) is 18.7. The fourth-order valence-corrected chi connectivity index (χ4v) is 8.79. The van der Waals surface area contributed by atoms with E-state index in [2.05, 4.69) is 31.0 Å². The SMILES string of the molecule is Cc1cccc(-c2[nH]c(CN(Cc3cccc(Cl)c3C)C(=O)OCc3ccc(NC(=O)[C@H](CCCNC(N)=O)CC(=O)[C@@H](NC(=O)CCCCCN4C(=O)C=CC4=O)C(C)C)cc3)nc2-c2ccc3ncnn3c2)n1. The molecule has 392 valence electrons. The van der Waals surface area contributed by atoms with Crippen LogP contribution < -0.4 is 21.7 Å². The smallest absolute Gasteiger partial charge is 0.410 e. The van der Waals surface area contributed by atoms with Crippen LogP contribution in [0.15, 0.2) is 97.5 Å². The maximum absolute atomic E-state index is 14.2. The Hall–Kier alpha value is -8.26. The highest BCUT2D eigenvalue weighted by atomic mass is 35.5. The number of urea groups is 1. The Morgan fingerprint density at radius 3 is 2.37 bits per heavy atom. The normalized spacial score (nSPS) is 13.0. The topological polar surface area (TPSA) is 269 Å². The Bertz CT molecular complexity index is 3060. The number of pyridine rings is 2. The first kappa shape index (κ1) is 54.5. The average molecular weight is 1040 g/mol. The summed E-state index contributed by atoms with van der Waals surface area (Å²) in [5, 5.41) is 13.1. The van der Waals surface area contributed by atoms with Gasteiger partial charge in [-0.1, -0.05) is 62.2 Å². The zero-order valence-electron chi connectivity index (χ0n) is 42.3. The molecule has 0 saturated carbocycles. The van der Waals surface area contributed by atoms with E-state index in [-0.39, 0.29) is 81.5 Å². The van der Waals surface area contributed by atoms with Gasteiger partial charge in [0.2, 0.25) is 11.8 Å². The molecular weight excluding hydrogens is 980 g/mol. The van der Waals surface area contributed by atoms with Crippen molar-refractivity contribution in [1.29, 1.82) is 0 Å². The number of carbonyl (C=O) groups is 7. The largest absolute Gasteiger partial charge is 0.445 e. The van der Waals surface area contributed by atoms with Crippen molar-refractivity contribution in [2.75, 3.05) is 18.4 Å². The van der Waals surface area contributed by atoms with Crippen LogP contribution in [0, 0.1) is 25.7 Å². The molecule has 6 aromatic rings. The molecule has 0 bridgehead atoms. The van der Waals surface area contributed by atoms with Gasteiger partial charge in [0.1, 0.15) is 18.8 Å². The van der Waals surface area contributed by atoms with E-state index < -0.39 is 30.0 Å². The van der Waals surface area contributed by atoms with Crippen molar-refractivity contribution in [2.24, 2.45) is 17.6 Å². The van der Waals surface area contributed by atoms with Gasteiger partial charge in [-0.3, -0.25) is 38.8 Å². The van der Waals surface area contributed by atoms with Gasteiger partial charge in [-0.2, -0.15) is 5.10 Å². The first-order valence-electron chi connectivity index (χ1n) is 24.8. The Labute approximate surface area is 438 Å². The lowest BCUT2D eigenvalue weighted by Gasteiger charge is -2.24. The number of ketones is 1. The third-order valence-electron chi connectivity index (χ3n) is 12.7. The number of aromatic nitrogens is 6. The molecule has 2 atom stereocenters. The Kier molecular flexibility index (Phi) is 18.6. The molecule has 20 nitrogen and oxygen atoms in total. The second kappa shape index (κ2) is 25.6. The summed E-state index contributed by atoms with van der Waals surface area (Å²) >= 11 is 6.53. The molecule has 0 fully saturated rings. The number of halogens is 1. The zero-order valence-corrected chi connectivity index (χ0v) is 43.1. The molecule has 4 aromatic heterocycles. The quantitative estimate of drug-likeness (QED) is 0.0278. The Morgan fingerprint density at radius 2 is 1.64 bits per heavy atom. The summed E-state index contributed by atoms with van der Waals surface area (Å²) in [6.45, 7) is 7.92. The fourth-order valence-electron chi connectivity index (χ4n) is 8.59. The number of rotatable bonds is 25. The average Bonchev–Trinajstić information content (AvgIpc) is 4.12.